The van der Waals surface area contributed by atoms with Crippen LogP contribution in [0.1, 0.15) is 54.4 Å². The Morgan fingerprint density at radius 2 is 1.94 bits per heavy atom. The quantitative estimate of drug-likeness (QED) is 0.778. The molecular weight excluding hydrogens is 230 g/mol. The number of thioether (sulfide) groups is 1. The molecule has 92 valence electrons. The van der Waals surface area contributed by atoms with Crippen LogP contribution in [0.15, 0.2) is 0 Å². The number of fused-ring (bicyclic) bond motifs is 1. The van der Waals surface area contributed by atoms with E-state index in [0.717, 1.165) is 24.5 Å². The number of aryl methyl sites for hydroxylation is 1. The molecule has 3 rings (SSSR count). The van der Waals surface area contributed by atoms with Crippen molar-refractivity contribution in [1.29, 1.82) is 0 Å². The van der Waals surface area contributed by atoms with Crippen molar-refractivity contribution in [2.45, 2.75) is 50.2 Å². The van der Waals surface area contributed by atoms with Gasteiger partial charge in [-0.15, -0.1) is 0 Å². The summed E-state index contributed by atoms with van der Waals surface area (Å²) in [5.41, 5.74) is 8.58. The molecule has 0 radical (unpaired) electrons. The zero-order chi connectivity index (χ0) is 11.7. The van der Waals surface area contributed by atoms with Crippen molar-refractivity contribution in [3.05, 3.63) is 17.1 Å². The van der Waals surface area contributed by atoms with Gasteiger partial charge in [0.15, 0.2) is 0 Å². The number of aromatic nitrogens is 2. The van der Waals surface area contributed by atoms with Crippen LogP contribution in [-0.2, 0) is 12.8 Å². The highest BCUT2D eigenvalue weighted by molar-refractivity contribution is 7.99. The topological polar surface area (TPSA) is 51.8 Å². The highest BCUT2D eigenvalue weighted by Crippen LogP contribution is 2.39. The van der Waals surface area contributed by atoms with Crippen molar-refractivity contribution >= 4 is 17.6 Å². The lowest BCUT2D eigenvalue weighted by atomic mass is 10.1. The number of hydrogen-bond donors (Lipinski definition) is 1. The number of nitrogen functional groups attached to an aromatic ring is 1. The van der Waals surface area contributed by atoms with Gasteiger partial charge in [0.1, 0.15) is 11.6 Å². The molecule has 2 aliphatic rings. The molecule has 0 spiro atoms. The fourth-order valence-electron chi connectivity index (χ4n) is 2.74. The molecule has 0 bridgehead atoms. The van der Waals surface area contributed by atoms with E-state index in [1.807, 2.05) is 11.8 Å². The third-order valence-electron chi connectivity index (χ3n) is 3.70. The lowest BCUT2D eigenvalue weighted by Crippen LogP contribution is -2.09. The minimum absolute atomic E-state index is 0.492. The molecular formula is C13H19N3S. The van der Waals surface area contributed by atoms with Crippen LogP contribution >= 0.6 is 11.8 Å². The number of anilines is 1. The molecule has 1 aliphatic carbocycles. The standard InChI is InChI=1S/C13H19N3S/c14-12-9-5-2-1-3-6-10(9)15-13(16-12)11-7-4-8-17-11/h11H,1-8H2,(H2,14,15,16). The van der Waals surface area contributed by atoms with Crippen LogP contribution in [0, 0.1) is 0 Å². The Morgan fingerprint density at radius 1 is 1.06 bits per heavy atom. The molecule has 1 unspecified atom stereocenters. The Kier molecular flexibility index (Phi) is 3.23. The second-order valence-corrected chi connectivity index (χ2v) is 6.27. The maximum atomic E-state index is 6.12. The van der Waals surface area contributed by atoms with Gasteiger partial charge in [0, 0.05) is 11.3 Å². The van der Waals surface area contributed by atoms with Crippen molar-refractivity contribution in [1.82, 2.24) is 9.97 Å². The number of rotatable bonds is 1. The molecule has 1 aromatic rings. The van der Waals surface area contributed by atoms with Crippen LogP contribution in [0.4, 0.5) is 5.82 Å². The number of hydrogen-bond acceptors (Lipinski definition) is 4. The van der Waals surface area contributed by atoms with Crippen molar-refractivity contribution in [3.8, 4) is 0 Å². The normalized spacial score (nSPS) is 24.4. The molecule has 17 heavy (non-hydrogen) atoms. The first-order chi connectivity index (χ1) is 8.34. The van der Waals surface area contributed by atoms with Crippen molar-refractivity contribution in [2.75, 3.05) is 11.5 Å². The van der Waals surface area contributed by atoms with Crippen LogP contribution in [-0.4, -0.2) is 15.7 Å². The van der Waals surface area contributed by atoms with E-state index in [-0.39, 0.29) is 0 Å². The van der Waals surface area contributed by atoms with Crippen molar-refractivity contribution < 1.29 is 0 Å². The summed E-state index contributed by atoms with van der Waals surface area (Å²) in [5, 5.41) is 0.492. The van der Waals surface area contributed by atoms with Crippen LogP contribution in [0.2, 0.25) is 0 Å². The van der Waals surface area contributed by atoms with Gasteiger partial charge in [-0.2, -0.15) is 11.8 Å². The Labute approximate surface area is 107 Å². The van der Waals surface area contributed by atoms with Gasteiger partial charge in [0.05, 0.1) is 5.25 Å². The third kappa shape index (κ3) is 2.28. The van der Waals surface area contributed by atoms with Gasteiger partial charge in [-0.05, 0) is 44.3 Å². The van der Waals surface area contributed by atoms with Gasteiger partial charge in [-0.25, -0.2) is 9.97 Å². The van der Waals surface area contributed by atoms with Crippen LogP contribution in [0.3, 0.4) is 0 Å². The van der Waals surface area contributed by atoms with Gasteiger partial charge in [0.25, 0.3) is 0 Å². The number of nitrogens with zero attached hydrogens (tertiary/aromatic N) is 2. The SMILES string of the molecule is Nc1nc(C2CCCS2)nc2c1CCCCC2. The van der Waals surface area contributed by atoms with Crippen LogP contribution in [0.25, 0.3) is 0 Å². The molecule has 0 aromatic carbocycles. The summed E-state index contributed by atoms with van der Waals surface area (Å²) in [6.45, 7) is 0. The summed E-state index contributed by atoms with van der Waals surface area (Å²) in [7, 11) is 0. The van der Waals surface area contributed by atoms with Crippen molar-refractivity contribution in [3.63, 3.8) is 0 Å². The molecule has 0 amide bonds. The smallest absolute Gasteiger partial charge is 0.143 e. The summed E-state index contributed by atoms with van der Waals surface area (Å²) < 4.78 is 0. The zero-order valence-electron chi connectivity index (χ0n) is 10.1. The second-order valence-electron chi connectivity index (χ2n) is 4.95. The molecule has 1 aliphatic heterocycles. The lowest BCUT2D eigenvalue weighted by Gasteiger charge is -2.13. The van der Waals surface area contributed by atoms with Gasteiger partial charge in [0.2, 0.25) is 0 Å². The Morgan fingerprint density at radius 3 is 2.76 bits per heavy atom. The van der Waals surface area contributed by atoms with Gasteiger partial charge in [-0.1, -0.05) is 6.42 Å². The molecule has 4 heteroatoms. The van der Waals surface area contributed by atoms with E-state index in [0.29, 0.717) is 5.25 Å². The van der Waals surface area contributed by atoms with E-state index in [1.165, 1.54) is 49.1 Å². The monoisotopic (exact) mass is 249 g/mol. The van der Waals surface area contributed by atoms with Crippen molar-refractivity contribution in [2.24, 2.45) is 0 Å². The molecule has 1 fully saturated rings. The fourth-order valence-corrected chi connectivity index (χ4v) is 3.95. The highest BCUT2D eigenvalue weighted by Gasteiger charge is 2.23. The van der Waals surface area contributed by atoms with Crippen LogP contribution in [0.5, 0.6) is 0 Å². The maximum absolute atomic E-state index is 6.12. The van der Waals surface area contributed by atoms with E-state index >= 15 is 0 Å². The first-order valence-corrected chi connectivity index (χ1v) is 7.66. The second kappa shape index (κ2) is 4.84. The van der Waals surface area contributed by atoms with Gasteiger partial charge < -0.3 is 5.73 Å². The Bertz CT molecular complexity index is 413. The predicted molar refractivity (Wildman–Crippen MR) is 72.1 cm³/mol. The Hall–Kier alpha value is -0.770. The molecule has 1 atom stereocenters. The Balaban J connectivity index is 1.96. The average molecular weight is 249 g/mol. The number of nitrogens with two attached hydrogens (primary N) is 1. The van der Waals surface area contributed by atoms with Gasteiger partial charge in [-0.3, -0.25) is 0 Å². The zero-order valence-corrected chi connectivity index (χ0v) is 10.9. The predicted octanol–water partition coefficient (Wildman–Crippen LogP) is 2.90. The summed E-state index contributed by atoms with van der Waals surface area (Å²) in [6, 6.07) is 0. The minimum Gasteiger partial charge on any atom is -0.383 e. The maximum Gasteiger partial charge on any atom is 0.143 e. The largest absolute Gasteiger partial charge is 0.383 e. The van der Waals surface area contributed by atoms with Gasteiger partial charge >= 0.3 is 0 Å². The lowest BCUT2D eigenvalue weighted by molar-refractivity contribution is 0.706. The molecule has 0 saturated carbocycles. The van der Waals surface area contributed by atoms with Crippen LogP contribution < -0.4 is 5.73 Å². The van der Waals surface area contributed by atoms with E-state index < -0.39 is 0 Å². The van der Waals surface area contributed by atoms with E-state index in [2.05, 4.69) is 4.98 Å². The summed E-state index contributed by atoms with van der Waals surface area (Å²) in [4.78, 5) is 9.36. The molecule has 1 aromatic heterocycles. The summed E-state index contributed by atoms with van der Waals surface area (Å²) in [6.07, 6.45) is 8.44. The first-order valence-electron chi connectivity index (χ1n) is 6.61. The minimum atomic E-state index is 0.492. The highest BCUT2D eigenvalue weighted by atomic mass is 32.2. The molecule has 3 nitrogen and oxygen atoms in total. The summed E-state index contributed by atoms with van der Waals surface area (Å²) in [5.74, 6) is 2.98. The molecule has 2 N–H and O–H groups in total. The van der Waals surface area contributed by atoms with E-state index in [9.17, 15) is 0 Å². The molecule has 2 heterocycles. The average Bonchev–Trinajstić information content (AvgIpc) is 2.75. The molecule has 1 saturated heterocycles. The fraction of sp³-hybridized carbons (Fsp3) is 0.692. The summed E-state index contributed by atoms with van der Waals surface area (Å²) >= 11 is 1.98. The van der Waals surface area contributed by atoms with E-state index in [4.69, 9.17) is 10.7 Å². The third-order valence-corrected chi connectivity index (χ3v) is 5.07. The van der Waals surface area contributed by atoms with E-state index in [1.54, 1.807) is 0 Å². The first kappa shape index (κ1) is 11.3.